The van der Waals surface area contributed by atoms with Gasteiger partial charge in [0, 0.05) is 0 Å². The zero-order valence-electron chi connectivity index (χ0n) is 9.26. The van der Waals surface area contributed by atoms with E-state index < -0.39 is 11.6 Å². The topological polar surface area (TPSA) is 66.6 Å². The standard InChI is InChI=1S/C12H16N2O2/c1-12(16)7-14(8-12)11(15)10(13)9-5-3-2-4-6-9/h2-6,10,16H,7-8,13H2,1H3. The normalized spacial score (nSPS) is 20.1. The first kappa shape index (κ1) is 11.1. The summed E-state index contributed by atoms with van der Waals surface area (Å²) in [7, 11) is 0. The van der Waals surface area contributed by atoms with Crippen molar-refractivity contribution in [3.05, 3.63) is 35.9 Å². The number of hydrogen-bond donors (Lipinski definition) is 2. The van der Waals surface area contributed by atoms with Gasteiger partial charge in [0.1, 0.15) is 6.04 Å². The minimum atomic E-state index is -0.744. The van der Waals surface area contributed by atoms with E-state index in [9.17, 15) is 9.90 Å². The molecular formula is C12H16N2O2. The average Bonchev–Trinajstić information content (AvgIpc) is 2.25. The highest BCUT2D eigenvalue weighted by atomic mass is 16.3. The van der Waals surface area contributed by atoms with Crippen molar-refractivity contribution < 1.29 is 9.90 Å². The molecule has 1 heterocycles. The molecule has 0 bridgehead atoms. The Morgan fingerprint density at radius 3 is 2.50 bits per heavy atom. The van der Waals surface area contributed by atoms with Gasteiger partial charge in [-0.15, -0.1) is 0 Å². The first-order chi connectivity index (χ1) is 7.49. The summed E-state index contributed by atoms with van der Waals surface area (Å²) >= 11 is 0. The average molecular weight is 220 g/mol. The molecule has 1 aromatic rings. The number of hydrogen-bond acceptors (Lipinski definition) is 3. The molecule has 0 aliphatic carbocycles. The molecule has 1 unspecified atom stereocenters. The van der Waals surface area contributed by atoms with Gasteiger partial charge in [0.15, 0.2) is 0 Å². The van der Waals surface area contributed by atoms with Gasteiger partial charge in [-0.05, 0) is 12.5 Å². The zero-order chi connectivity index (χ0) is 11.8. The zero-order valence-corrected chi connectivity index (χ0v) is 9.26. The van der Waals surface area contributed by atoms with Crippen LogP contribution in [-0.2, 0) is 4.79 Å². The van der Waals surface area contributed by atoms with E-state index in [1.807, 2.05) is 30.3 Å². The second kappa shape index (κ2) is 3.88. The van der Waals surface area contributed by atoms with E-state index in [-0.39, 0.29) is 5.91 Å². The fraction of sp³-hybridized carbons (Fsp3) is 0.417. The highest BCUT2D eigenvalue weighted by Gasteiger charge is 2.40. The third-order valence-corrected chi connectivity index (χ3v) is 2.80. The summed E-state index contributed by atoms with van der Waals surface area (Å²) < 4.78 is 0. The van der Waals surface area contributed by atoms with Crippen molar-refractivity contribution in [2.24, 2.45) is 5.73 Å². The number of β-amino-alcohol motifs (C(OH)–C–C–N with tert-alkyl or cyclic N) is 1. The van der Waals surface area contributed by atoms with Crippen molar-refractivity contribution >= 4 is 5.91 Å². The quantitative estimate of drug-likeness (QED) is 0.752. The largest absolute Gasteiger partial charge is 0.386 e. The Bertz CT molecular complexity index is 381. The van der Waals surface area contributed by atoms with Crippen LogP contribution in [0.5, 0.6) is 0 Å². The second-order valence-corrected chi connectivity index (χ2v) is 4.58. The molecule has 1 aromatic carbocycles. The Morgan fingerprint density at radius 1 is 1.44 bits per heavy atom. The molecule has 1 aliphatic rings. The third kappa shape index (κ3) is 2.08. The summed E-state index contributed by atoms with van der Waals surface area (Å²) in [5.74, 6) is -0.127. The molecule has 4 heteroatoms. The van der Waals surface area contributed by atoms with Crippen molar-refractivity contribution in [2.75, 3.05) is 13.1 Å². The van der Waals surface area contributed by atoms with Crippen LogP contribution in [0, 0.1) is 0 Å². The number of nitrogens with zero attached hydrogens (tertiary/aromatic N) is 1. The predicted molar refractivity (Wildman–Crippen MR) is 60.6 cm³/mol. The second-order valence-electron chi connectivity index (χ2n) is 4.58. The molecule has 0 spiro atoms. The maximum absolute atomic E-state index is 11.9. The van der Waals surface area contributed by atoms with Gasteiger partial charge in [-0.2, -0.15) is 0 Å². The molecule has 1 amide bonds. The summed E-state index contributed by atoms with van der Waals surface area (Å²) in [5, 5.41) is 9.55. The van der Waals surface area contributed by atoms with Crippen LogP contribution in [0.1, 0.15) is 18.5 Å². The summed E-state index contributed by atoms with van der Waals surface area (Å²) in [6.45, 7) is 2.45. The number of benzene rings is 1. The summed E-state index contributed by atoms with van der Waals surface area (Å²) in [4.78, 5) is 13.5. The first-order valence-corrected chi connectivity index (χ1v) is 5.31. The lowest BCUT2D eigenvalue weighted by Crippen LogP contribution is -2.63. The molecule has 0 saturated carbocycles. The smallest absolute Gasteiger partial charge is 0.244 e. The van der Waals surface area contributed by atoms with Crippen LogP contribution < -0.4 is 5.73 Å². The van der Waals surface area contributed by atoms with Crippen LogP contribution in [0.3, 0.4) is 0 Å². The number of aliphatic hydroxyl groups is 1. The molecule has 1 atom stereocenters. The van der Waals surface area contributed by atoms with Gasteiger partial charge in [-0.3, -0.25) is 4.79 Å². The number of nitrogens with two attached hydrogens (primary N) is 1. The maximum atomic E-state index is 11.9. The molecule has 0 aromatic heterocycles. The monoisotopic (exact) mass is 220 g/mol. The van der Waals surface area contributed by atoms with Crippen molar-refractivity contribution in [3.63, 3.8) is 0 Å². The molecular weight excluding hydrogens is 204 g/mol. The lowest BCUT2D eigenvalue weighted by molar-refractivity contribution is -0.153. The number of likely N-dealkylation sites (tertiary alicyclic amines) is 1. The van der Waals surface area contributed by atoms with Gasteiger partial charge < -0.3 is 15.7 Å². The van der Waals surface area contributed by atoms with Gasteiger partial charge in [-0.1, -0.05) is 30.3 Å². The SMILES string of the molecule is CC1(O)CN(C(=O)C(N)c2ccccc2)C1. The number of amides is 1. The van der Waals surface area contributed by atoms with E-state index in [0.717, 1.165) is 5.56 Å². The first-order valence-electron chi connectivity index (χ1n) is 5.31. The fourth-order valence-electron chi connectivity index (χ4n) is 1.93. The van der Waals surface area contributed by atoms with Gasteiger partial charge in [0.05, 0.1) is 18.7 Å². The number of rotatable bonds is 2. The Morgan fingerprint density at radius 2 is 2.00 bits per heavy atom. The number of carbonyl (C=O) groups is 1. The van der Waals surface area contributed by atoms with Crippen LogP contribution in [0.4, 0.5) is 0 Å². The van der Waals surface area contributed by atoms with E-state index in [1.54, 1.807) is 11.8 Å². The van der Waals surface area contributed by atoms with Crippen LogP contribution in [0.25, 0.3) is 0 Å². The van der Waals surface area contributed by atoms with Gasteiger partial charge in [0.25, 0.3) is 0 Å². The van der Waals surface area contributed by atoms with E-state index in [4.69, 9.17) is 5.73 Å². The third-order valence-electron chi connectivity index (χ3n) is 2.80. The maximum Gasteiger partial charge on any atom is 0.244 e. The van der Waals surface area contributed by atoms with Crippen molar-refractivity contribution in [1.82, 2.24) is 4.90 Å². The Hall–Kier alpha value is -1.39. The van der Waals surface area contributed by atoms with Crippen molar-refractivity contribution in [3.8, 4) is 0 Å². The molecule has 4 nitrogen and oxygen atoms in total. The highest BCUT2D eigenvalue weighted by molar-refractivity contribution is 5.84. The minimum Gasteiger partial charge on any atom is -0.386 e. The van der Waals surface area contributed by atoms with Crippen LogP contribution in [0.2, 0.25) is 0 Å². The lowest BCUT2D eigenvalue weighted by atomic mass is 9.95. The Balaban J connectivity index is 2.01. The summed E-state index contributed by atoms with van der Waals surface area (Å²) in [5.41, 5.74) is 5.93. The van der Waals surface area contributed by atoms with Crippen LogP contribution >= 0.6 is 0 Å². The summed E-state index contributed by atoms with van der Waals surface area (Å²) in [6.07, 6.45) is 0. The van der Waals surface area contributed by atoms with Crippen molar-refractivity contribution in [2.45, 2.75) is 18.6 Å². The van der Waals surface area contributed by atoms with Gasteiger partial charge in [0.2, 0.25) is 5.91 Å². The van der Waals surface area contributed by atoms with Crippen LogP contribution in [0.15, 0.2) is 30.3 Å². The highest BCUT2D eigenvalue weighted by Crippen LogP contribution is 2.23. The van der Waals surface area contributed by atoms with Crippen LogP contribution in [-0.4, -0.2) is 34.6 Å². The molecule has 3 N–H and O–H groups in total. The Labute approximate surface area is 94.7 Å². The van der Waals surface area contributed by atoms with Crippen molar-refractivity contribution in [1.29, 1.82) is 0 Å². The van der Waals surface area contributed by atoms with Gasteiger partial charge >= 0.3 is 0 Å². The van der Waals surface area contributed by atoms with E-state index in [2.05, 4.69) is 0 Å². The summed E-state index contributed by atoms with van der Waals surface area (Å²) in [6, 6.07) is 8.64. The molecule has 2 rings (SSSR count). The molecule has 0 radical (unpaired) electrons. The van der Waals surface area contributed by atoms with E-state index in [1.165, 1.54) is 0 Å². The molecule has 16 heavy (non-hydrogen) atoms. The molecule has 86 valence electrons. The molecule has 1 fully saturated rings. The molecule has 1 saturated heterocycles. The van der Waals surface area contributed by atoms with E-state index in [0.29, 0.717) is 13.1 Å². The fourth-order valence-corrected chi connectivity index (χ4v) is 1.93. The van der Waals surface area contributed by atoms with E-state index >= 15 is 0 Å². The Kier molecular flexibility index (Phi) is 2.69. The predicted octanol–water partition coefficient (Wildman–Crippen LogP) is 0.280. The van der Waals surface area contributed by atoms with Gasteiger partial charge in [-0.25, -0.2) is 0 Å². The molecule has 1 aliphatic heterocycles. The minimum absolute atomic E-state index is 0.127. The number of carbonyl (C=O) groups excluding carboxylic acids is 1. The lowest BCUT2D eigenvalue weighted by Gasteiger charge is -2.45.